The molecule has 0 atom stereocenters. The molecule has 0 amide bonds. The number of hydrogen-bond acceptors (Lipinski definition) is 2. The van der Waals surface area contributed by atoms with Crippen molar-refractivity contribution in [3.05, 3.63) is 127 Å². The topological polar surface area (TPSA) is 22.8 Å². The maximum atomic E-state index is 5.32. The molecule has 9 rings (SSSR count). The van der Waals surface area contributed by atoms with Crippen LogP contribution in [0.5, 0.6) is 0 Å². The number of para-hydroxylation sites is 4. The summed E-state index contributed by atoms with van der Waals surface area (Å²) in [7, 11) is 0. The van der Waals surface area contributed by atoms with Crippen LogP contribution in [0.2, 0.25) is 0 Å². The van der Waals surface area contributed by atoms with Crippen molar-refractivity contribution < 1.29 is 0 Å². The highest BCUT2D eigenvalue weighted by atomic mass is 32.1. The number of aromatic nitrogens is 3. The van der Waals surface area contributed by atoms with E-state index in [-0.39, 0.29) is 0 Å². The van der Waals surface area contributed by atoms with E-state index >= 15 is 0 Å². The van der Waals surface area contributed by atoms with Crippen molar-refractivity contribution in [2.45, 2.75) is 0 Å². The quantitative estimate of drug-likeness (QED) is 0.225. The van der Waals surface area contributed by atoms with Gasteiger partial charge in [0.15, 0.2) is 0 Å². The van der Waals surface area contributed by atoms with E-state index < -0.39 is 0 Å². The molecule has 0 saturated carbocycles. The molecule has 0 fully saturated rings. The number of rotatable bonds is 2. The van der Waals surface area contributed by atoms with Gasteiger partial charge in [-0.25, -0.2) is 4.98 Å². The molecule has 0 aliphatic carbocycles. The molecule has 3 nitrogen and oxygen atoms in total. The molecule has 0 radical (unpaired) electrons. The van der Waals surface area contributed by atoms with Gasteiger partial charge in [0.2, 0.25) is 0 Å². The second-order valence-corrected chi connectivity index (χ2v) is 11.1. The van der Waals surface area contributed by atoms with Crippen LogP contribution in [0.4, 0.5) is 0 Å². The van der Waals surface area contributed by atoms with Crippen LogP contribution < -0.4 is 0 Å². The number of thiophene rings is 1. The molecule has 4 aromatic heterocycles. The molecule has 5 aromatic carbocycles. The first-order valence-electron chi connectivity index (χ1n) is 13.2. The van der Waals surface area contributed by atoms with Crippen LogP contribution in [0, 0.1) is 0 Å². The van der Waals surface area contributed by atoms with Crippen LogP contribution in [0.1, 0.15) is 0 Å². The van der Waals surface area contributed by atoms with E-state index in [9.17, 15) is 0 Å². The molecular weight excluding hydrogens is 494 g/mol. The third-order valence-electron chi connectivity index (χ3n) is 7.93. The Morgan fingerprint density at radius 3 is 1.49 bits per heavy atom. The molecule has 0 bridgehead atoms. The van der Waals surface area contributed by atoms with E-state index in [1.165, 1.54) is 58.4 Å². The molecule has 9 aromatic rings. The third-order valence-corrected chi connectivity index (χ3v) is 9.05. The normalized spacial score (nSPS) is 12.1. The average Bonchev–Trinajstić information content (AvgIpc) is 3.64. The lowest BCUT2D eigenvalue weighted by atomic mass is 10.2. The summed E-state index contributed by atoms with van der Waals surface area (Å²) in [5.41, 5.74) is 7.00. The predicted molar refractivity (Wildman–Crippen MR) is 166 cm³/mol. The maximum absolute atomic E-state index is 5.32. The van der Waals surface area contributed by atoms with Crippen LogP contribution in [0.25, 0.3) is 75.4 Å². The Morgan fingerprint density at radius 2 is 0.923 bits per heavy atom. The highest BCUT2D eigenvalue weighted by Crippen LogP contribution is 2.38. The Bertz CT molecular complexity index is 2130. The van der Waals surface area contributed by atoms with E-state index in [1.807, 2.05) is 11.3 Å². The minimum Gasteiger partial charge on any atom is -0.309 e. The number of pyridine rings is 1. The van der Waals surface area contributed by atoms with Gasteiger partial charge in [-0.15, -0.1) is 11.3 Å². The Hall–Kier alpha value is -4.93. The van der Waals surface area contributed by atoms with Crippen LogP contribution in [-0.2, 0) is 0 Å². The van der Waals surface area contributed by atoms with Gasteiger partial charge < -0.3 is 4.57 Å². The smallest absolute Gasteiger partial charge is 0.138 e. The fourth-order valence-corrected chi connectivity index (χ4v) is 7.28. The Kier molecular flexibility index (Phi) is 4.21. The lowest BCUT2D eigenvalue weighted by Gasteiger charge is -2.09. The molecule has 0 N–H and O–H groups in total. The lowest BCUT2D eigenvalue weighted by molar-refractivity contribution is 1.10. The monoisotopic (exact) mass is 515 g/mol. The molecule has 0 saturated heterocycles. The SMILES string of the molecule is c1ccc2c(c1)c1ccccc1n2-c1ccc2sc3ccc(-n4c5ccccc5c5ccccc54)nc3c2c1. The van der Waals surface area contributed by atoms with Gasteiger partial charge in [-0.2, -0.15) is 0 Å². The number of fused-ring (bicyclic) bond motifs is 9. The molecule has 39 heavy (non-hydrogen) atoms. The van der Waals surface area contributed by atoms with Gasteiger partial charge in [-0.05, 0) is 54.6 Å². The van der Waals surface area contributed by atoms with Gasteiger partial charge in [0, 0.05) is 37.3 Å². The first-order chi connectivity index (χ1) is 19.3. The highest BCUT2D eigenvalue weighted by Gasteiger charge is 2.16. The van der Waals surface area contributed by atoms with Gasteiger partial charge in [0.1, 0.15) is 5.82 Å². The Morgan fingerprint density at radius 1 is 0.436 bits per heavy atom. The fraction of sp³-hybridized carbons (Fsp3) is 0. The Balaban J connectivity index is 1.32. The predicted octanol–water partition coefficient (Wildman–Crippen LogP) is 9.64. The van der Waals surface area contributed by atoms with Gasteiger partial charge in [0.05, 0.1) is 32.3 Å². The summed E-state index contributed by atoms with van der Waals surface area (Å²) in [5, 5.41) is 6.24. The van der Waals surface area contributed by atoms with E-state index in [0.717, 1.165) is 17.0 Å². The lowest BCUT2D eigenvalue weighted by Crippen LogP contribution is -1.97. The largest absolute Gasteiger partial charge is 0.309 e. The second-order valence-electron chi connectivity index (χ2n) is 10.0. The van der Waals surface area contributed by atoms with Crippen LogP contribution in [0.3, 0.4) is 0 Å². The second kappa shape index (κ2) is 7.79. The first-order valence-corrected chi connectivity index (χ1v) is 14.0. The van der Waals surface area contributed by atoms with Crippen molar-refractivity contribution in [1.29, 1.82) is 0 Å². The average molecular weight is 516 g/mol. The zero-order valence-electron chi connectivity index (χ0n) is 20.9. The van der Waals surface area contributed by atoms with Crippen LogP contribution in [0.15, 0.2) is 127 Å². The first kappa shape index (κ1) is 21.1. The summed E-state index contributed by atoms with van der Waals surface area (Å²) in [5.74, 6) is 0.946. The van der Waals surface area contributed by atoms with Gasteiger partial charge >= 0.3 is 0 Å². The molecule has 4 heteroatoms. The van der Waals surface area contributed by atoms with Crippen molar-refractivity contribution in [2.75, 3.05) is 0 Å². The van der Waals surface area contributed by atoms with Crippen molar-refractivity contribution >= 4 is 75.3 Å². The third kappa shape index (κ3) is 2.89. The molecular formula is C35H21N3S. The zero-order valence-corrected chi connectivity index (χ0v) is 21.7. The summed E-state index contributed by atoms with van der Waals surface area (Å²) in [6.07, 6.45) is 0. The van der Waals surface area contributed by atoms with E-state index in [4.69, 9.17) is 4.98 Å². The van der Waals surface area contributed by atoms with Crippen molar-refractivity contribution in [1.82, 2.24) is 14.1 Å². The molecule has 0 unspecified atom stereocenters. The number of nitrogens with zero attached hydrogens (tertiary/aromatic N) is 3. The summed E-state index contributed by atoms with van der Waals surface area (Å²) < 4.78 is 7.13. The van der Waals surface area contributed by atoms with Crippen molar-refractivity contribution in [3.8, 4) is 11.5 Å². The molecule has 0 aliphatic heterocycles. The van der Waals surface area contributed by atoms with E-state index in [1.54, 1.807) is 0 Å². The number of benzene rings is 5. The van der Waals surface area contributed by atoms with Gasteiger partial charge in [-0.3, -0.25) is 4.57 Å². The Labute approximate surface area is 227 Å². The van der Waals surface area contributed by atoms with E-state index in [0.29, 0.717) is 0 Å². The summed E-state index contributed by atoms with van der Waals surface area (Å²) in [4.78, 5) is 5.32. The molecule has 0 spiro atoms. The minimum atomic E-state index is 0.946. The van der Waals surface area contributed by atoms with Gasteiger partial charge in [0.25, 0.3) is 0 Å². The molecule has 0 aliphatic rings. The van der Waals surface area contributed by atoms with Crippen LogP contribution in [-0.4, -0.2) is 14.1 Å². The fourth-order valence-electron chi connectivity index (χ4n) is 6.26. The van der Waals surface area contributed by atoms with Crippen LogP contribution >= 0.6 is 11.3 Å². The number of hydrogen-bond donors (Lipinski definition) is 0. The van der Waals surface area contributed by atoms with Gasteiger partial charge in [-0.1, -0.05) is 72.8 Å². The zero-order chi connectivity index (χ0) is 25.5. The molecule has 182 valence electrons. The standard InChI is InChI=1S/C35H21N3S/c1-5-13-28-23(9-1)24-10-2-6-14-29(24)37(28)22-17-18-32-27(21-22)35-33(39-32)19-20-34(36-35)38-30-15-7-3-11-25(30)26-12-4-8-16-31(26)38/h1-21H. The van der Waals surface area contributed by atoms with E-state index in [2.05, 4.69) is 137 Å². The summed E-state index contributed by atoms with van der Waals surface area (Å²) in [6.45, 7) is 0. The van der Waals surface area contributed by atoms with Crippen molar-refractivity contribution in [3.63, 3.8) is 0 Å². The molecule has 4 heterocycles. The minimum absolute atomic E-state index is 0.946. The maximum Gasteiger partial charge on any atom is 0.138 e. The summed E-state index contributed by atoms with van der Waals surface area (Å²) in [6, 6.07) is 45.7. The highest BCUT2D eigenvalue weighted by molar-refractivity contribution is 7.25. The van der Waals surface area contributed by atoms with Crippen molar-refractivity contribution in [2.24, 2.45) is 0 Å². The summed E-state index contributed by atoms with van der Waals surface area (Å²) >= 11 is 1.81.